The number of rotatable bonds is 5. The summed E-state index contributed by atoms with van der Waals surface area (Å²) in [6.45, 7) is 7.83. The molecule has 0 bridgehead atoms. The standard InChI is InChI=1S/C16H26N2O/c1-4-9-17-14-7-10-18(11-8-14)16-6-5-15(19-3)12-13(16)2/h5-6,12,14,17H,4,7-11H2,1-3H3. The van der Waals surface area contributed by atoms with Gasteiger partial charge in [0.2, 0.25) is 0 Å². The molecule has 0 amide bonds. The fraction of sp³-hybridized carbons (Fsp3) is 0.625. The van der Waals surface area contributed by atoms with Gasteiger partial charge in [0.25, 0.3) is 0 Å². The van der Waals surface area contributed by atoms with Crippen molar-refractivity contribution in [2.45, 2.75) is 39.2 Å². The lowest BCUT2D eigenvalue weighted by Gasteiger charge is -2.35. The van der Waals surface area contributed by atoms with Crippen molar-refractivity contribution < 1.29 is 4.74 Å². The van der Waals surface area contributed by atoms with Crippen LogP contribution in [0.1, 0.15) is 31.7 Å². The van der Waals surface area contributed by atoms with E-state index in [4.69, 9.17) is 4.74 Å². The third kappa shape index (κ3) is 3.63. The van der Waals surface area contributed by atoms with Gasteiger partial charge in [-0.3, -0.25) is 0 Å². The molecule has 106 valence electrons. The van der Waals surface area contributed by atoms with E-state index in [2.05, 4.69) is 42.3 Å². The number of hydrogen-bond acceptors (Lipinski definition) is 3. The van der Waals surface area contributed by atoms with Gasteiger partial charge in [-0.2, -0.15) is 0 Å². The molecule has 1 aromatic carbocycles. The van der Waals surface area contributed by atoms with Crippen LogP contribution in [0.15, 0.2) is 18.2 Å². The van der Waals surface area contributed by atoms with Gasteiger partial charge in [0, 0.05) is 24.8 Å². The molecule has 0 atom stereocenters. The zero-order chi connectivity index (χ0) is 13.7. The minimum Gasteiger partial charge on any atom is -0.497 e. The average Bonchev–Trinajstić information content (AvgIpc) is 2.45. The Morgan fingerprint density at radius 1 is 1.32 bits per heavy atom. The van der Waals surface area contributed by atoms with Crippen molar-refractivity contribution in [3.8, 4) is 5.75 Å². The molecule has 2 rings (SSSR count). The zero-order valence-corrected chi connectivity index (χ0v) is 12.4. The zero-order valence-electron chi connectivity index (χ0n) is 12.4. The summed E-state index contributed by atoms with van der Waals surface area (Å²) in [5.74, 6) is 0.945. The fourth-order valence-corrected chi connectivity index (χ4v) is 2.78. The number of aryl methyl sites for hydroxylation is 1. The quantitative estimate of drug-likeness (QED) is 0.883. The molecule has 0 spiro atoms. The number of ether oxygens (including phenoxy) is 1. The van der Waals surface area contributed by atoms with Crippen LogP contribution in [0.5, 0.6) is 5.75 Å². The molecular weight excluding hydrogens is 236 g/mol. The van der Waals surface area contributed by atoms with E-state index >= 15 is 0 Å². The highest BCUT2D eigenvalue weighted by atomic mass is 16.5. The first kappa shape index (κ1) is 14.2. The van der Waals surface area contributed by atoms with Crippen molar-refractivity contribution >= 4 is 5.69 Å². The summed E-state index contributed by atoms with van der Waals surface area (Å²) in [5.41, 5.74) is 2.66. The first-order chi connectivity index (χ1) is 9.24. The third-order valence-corrected chi connectivity index (χ3v) is 3.92. The Labute approximate surface area is 116 Å². The Hall–Kier alpha value is -1.22. The van der Waals surface area contributed by atoms with Gasteiger partial charge in [0.1, 0.15) is 5.75 Å². The van der Waals surface area contributed by atoms with Crippen LogP contribution in [0, 0.1) is 6.92 Å². The van der Waals surface area contributed by atoms with Crippen molar-refractivity contribution in [2.24, 2.45) is 0 Å². The molecule has 3 nitrogen and oxygen atoms in total. The van der Waals surface area contributed by atoms with Crippen molar-refractivity contribution in [3.05, 3.63) is 23.8 Å². The predicted octanol–water partition coefficient (Wildman–Crippen LogP) is 2.97. The minimum absolute atomic E-state index is 0.703. The van der Waals surface area contributed by atoms with Crippen molar-refractivity contribution in [2.75, 3.05) is 31.6 Å². The molecule has 1 fully saturated rings. The van der Waals surface area contributed by atoms with Crippen LogP contribution >= 0.6 is 0 Å². The Kier molecular flexibility index (Phi) is 5.08. The summed E-state index contributed by atoms with van der Waals surface area (Å²) in [6.07, 6.45) is 3.70. The maximum Gasteiger partial charge on any atom is 0.119 e. The molecule has 1 aliphatic rings. The van der Waals surface area contributed by atoms with Crippen molar-refractivity contribution in [1.82, 2.24) is 5.32 Å². The Balaban J connectivity index is 1.94. The number of nitrogens with zero attached hydrogens (tertiary/aromatic N) is 1. The largest absolute Gasteiger partial charge is 0.497 e. The number of methoxy groups -OCH3 is 1. The van der Waals surface area contributed by atoms with Crippen molar-refractivity contribution in [1.29, 1.82) is 0 Å². The molecule has 19 heavy (non-hydrogen) atoms. The molecule has 0 aromatic heterocycles. The van der Waals surface area contributed by atoms with E-state index in [1.165, 1.54) is 30.5 Å². The molecule has 3 heteroatoms. The second kappa shape index (κ2) is 6.80. The lowest BCUT2D eigenvalue weighted by Crippen LogP contribution is -2.43. The summed E-state index contributed by atoms with van der Waals surface area (Å²) in [5, 5.41) is 3.63. The molecule has 0 unspecified atom stereocenters. The molecule has 0 saturated carbocycles. The third-order valence-electron chi connectivity index (χ3n) is 3.92. The average molecular weight is 262 g/mol. The Morgan fingerprint density at radius 2 is 2.05 bits per heavy atom. The summed E-state index contributed by atoms with van der Waals surface area (Å²) in [7, 11) is 1.72. The van der Waals surface area contributed by atoms with Crippen LogP contribution in [0.4, 0.5) is 5.69 Å². The number of nitrogens with one attached hydrogen (secondary N) is 1. The second-order valence-electron chi connectivity index (χ2n) is 5.37. The second-order valence-corrected chi connectivity index (χ2v) is 5.37. The summed E-state index contributed by atoms with van der Waals surface area (Å²) in [4.78, 5) is 2.50. The van der Waals surface area contributed by atoms with Gasteiger partial charge in [0.05, 0.1) is 7.11 Å². The maximum absolute atomic E-state index is 5.27. The van der Waals surface area contributed by atoms with Crippen LogP contribution in [0.25, 0.3) is 0 Å². The normalized spacial score (nSPS) is 16.7. The SMILES string of the molecule is CCCNC1CCN(c2ccc(OC)cc2C)CC1. The monoisotopic (exact) mass is 262 g/mol. The van der Waals surface area contributed by atoms with E-state index in [0.29, 0.717) is 6.04 Å². The van der Waals surface area contributed by atoms with Gasteiger partial charge in [-0.1, -0.05) is 6.92 Å². The van der Waals surface area contributed by atoms with Crippen LogP contribution in [-0.4, -0.2) is 32.8 Å². The Morgan fingerprint density at radius 3 is 2.63 bits per heavy atom. The number of hydrogen-bond donors (Lipinski definition) is 1. The molecule has 1 saturated heterocycles. The molecular formula is C16H26N2O. The van der Waals surface area contributed by atoms with E-state index in [1.54, 1.807) is 7.11 Å². The van der Waals surface area contributed by atoms with E-state index in [0.717, 1.165) is 25.4 Å². The molecule has 1 N–H and O–H groups in total. The summed E-state index contributed by atoms with van der Waals surface area (Å²) in [6, 6.07) is 7.07. The number of benzene rings is 1. The summed E-state index contributed by atoms with van der Waals surface area (Å²) >= 11 is 0. The van der Waals surface area contributed by atoms with E-state index in [-0.39, 0.29) is 0 Å². The minimum atomic E-state index is 0.703. The highest BCUT2D eigenvalue weighted by molar-refractivity contribution is 5.56. The smallest absolute Gasteiger partial charge is 0.119 e. The highest BCUT2D eigenvalue weighted by Crippen LogP contribution is 2.27. The highest BCUT2D eigenvalue weighted by Gasteiger charge is 2.19. The maximum atomic E-state index is 5.27. The van der Waals surface area contributed by atoms with Crippen LogP contribution < -0.4 is 15.0 Å². The lowest BCUT2D eigenvalue weighted by atomic mass is 10.0. The van der Waals surface area contributed by atoms with E-state index < -0.39 is 0 Å². The lowest BCUT2D eigenvalue weighted by molar-refractivity contribution is 0.411. The Bertz CT molecular complexity index is 398. The molecule has 0 aliphatic carbocycles. The fourth-order valence-electron chi connectivity index (χ4n) is 2.78. The van der Waals surface area contributed by atoms with Crippen molar-refractivity contribution in [3.63, 3.8) is 0 Å². The molecule has 1 heterocycles. The van der Waals surface area contributed by atoms with Gasteiger partial charge in [0.15, 0.2) is 0 Å². The first-order valence-corrected chi connectivity index (χ1v) is 7.37. The summed E-state index contributed by atoms with van der Waals surface area (Å²) < 4.78 is 5.27. The van der Waals surface area contributed by atoms with E-state index in [1.807, 2.05) is 0 Å². The molecule has 1 aromatic rings. The predicted molar refractivity (Wildman–Crippen MR) is 81.3 cm³/mol. The first-order valence-electron chi connectivity index (χ1n) is 7.37. The van der Waals surface area contributed by atoms with Crippen LogP contribution in [0.3, 0.4) is 0 Å². The van der Waals surface area contributed by atoms with Gasteiger partial charge >= 0.3 is 0 Å². The van der Waals surface area contributed by atoms with Crippen LogP contribution in [-0.2, 0) is 0 Å². The number of piperidine rings is 1. The van der Waals surface area contributed by atoms with Crippen LogP contribution in [0.2, 0.25) is 0 Å². The van der Waals surface area contributed by atoms with E-state index in [9.17, 15) is 0 Å². The molecule has 0 radical (unpaired) electrons. The topological polar surface area (TPSA) is 24.5 Å². The van der Waals surface area contributed by atoms with Gasteiger partial charge in [-0.25, -0.2) is 0 Å². The van der Waals surface area contributed by atoms with Gasteiger partial charge < -0.3 is 15.0 Å². The van der Waals surface area contributed by atoms with Gasteiger partial charge in [-0.05, 0) is 56.5 Å². The van der Waals surface area contributed by atoms with Gasteiger partial charge in [-0.15, -0.1) is 0 Å². The molecule has 1 aliphatic heterocycles. The number of anilines is 1.